The molecule has 0 aliphatic rings. The molecule has 11 heteroatoms. The average Bonchev–Trinajstić information content (AvgIpc) is 2.83. The monoisotopic (exact) mass is 559 g/mol. The van der Waals surface area contributed by atoms with Crippen molar-refractivity contribution in [3.63, 3.8) is 0 Å². The number of Topliss-reactive ketones (excluding diaryl/α,β-unsaturated/α-hetero) is 1. The number of rotatable bonds is 12. The minimum absolute atomic E-state index is 0.136. The van der Waals surface area contributed by atoms with E-state index < -0.39 is 59.4 Å². The number of benzene rings is 1. The van der Waals surface area contributed by atoms with Crippen molar-refractivity contribution in [3.05, 3.63) is 35.9 Å². The Bertz CT molecular complexity index is 1070. The van der Waals surface area contributed by atoms with E-state index in [-0.39, 0.29) is 24.3 Å². The normalized spacial score (nSPS) is 13.7. The van der Waals surface area contributed by atoms with Crippen LogP contribution in [0.25, 0.3) is 0 Å². The molecule has 0 spiro atoms. The predicted octanol–water partition coefficient (Wildman–Crippen LogP) is 1.31. The zero-order valence-electron chi connectivity index (χ0n) is 25.1. The molecule has 5 amide bonds. The van der Waals surface area contributed by atoms with Crippen molar-refractivity contribution >= 4 is 35.3 Å². The number of carbonyl (C=O) groups excluding carboxylic acids is 6. The Morgan fingerprint density at radius 2 is 1.40 bits per heavy atom. The van der Waals surface area contributed by atoms with Gasteiger partial charge in [-0.25, -0.2) is 0 Å². The van der Waals surface area contributed by atoms with E-state index in [1.165, 1.54) is 25.9 Å². The fraction of sp³-hybridized carbons (Fsp3) is 0.586. The van der Waals surface area contributed by atoms with Gasteiger partial charge in [-0.15, -0.1) is 0 Å². The van der Waals surface area contributed by atoms with Crippen molar-refractivity contribution in [2.24, 2.45) is 10.8 Å². The number of hydrogen-bond acceptors (Lipinski definition) is 6. The molecule has 11 nitrogen and oxygen atoms in total. The molecule has 0 unspecified atom stereocenters. The lowest BCUT2D eigenvalue weighted by atomic mass is 9.85. The smallest absolute Gasteiger partial charge is 0.289 e. The van der Waals surface area contributed by atoms with Gasteiger partial charge < -0.3 is 26.2 Å². The van der Waals surface area contributed by atoms with Gasteiger partial charge in [-0.2, -0.15) is 0 Å². The molecule has 0 saturated carbocycles. The summed E-state index contributed by atoms with van der Waals surface area (Å²) in [6, 6.07) is 5.44. The van der Waals surface area contributed by atoms with Crippen molar-refractivity contribution in [3.8, 4) is 0 Å². The highest BCUT2D eigenvalue weighted by molar-refractivity contribution is 6.38. The number of carbonyl (C=O) groups is 6. The van der Waals surface area contributed by atoms with Crippen molar-refractivity contribution in [2.75, 3.05) is 14.1 Å². The molecule has 0 bridgehead atoms. The van der Waals surface area contributed by atoms with E-state index in [4.69, 9.17) is 0 Å². The molecule has 222 valence electrons. The van der Waals surface area contributed by atoms with Crippen LogP contribution in [-0.2, 0) is 35.3 Å². The molecular weight excluding hydrogens is 514 g/mol. The number of hydrogen-bond donors (Lipinski definition) is 4. The lowest BCUT2D eigenvalue weighted by Gasteiger charge is -2.33. The highest BCUT2D eigenvalue weighted by Crippen LogP contribution is 2.22. The molecule has 3 atom stereocenters. The maximum atomic E-state index is 13.3. The summed E-state index contributed by atoms with van der Waals surface area (Å²) < 4.78 is 0. The molecule has 1 aromatic carbocycles. The van der Waals surface area contributed by atoms with Gasteiger partial charge in [0.1, 0.15) is 12.1 Å². The Morgan fingerprint density at radius 1 is 0.825 bits per heavy atom. The van der Waals surface area contributed by atoms with Crippen LogP contribution in [0.5, 0.6) is 0 Å². The standard InChI is InChI=1S/C29H45N5O6/c1-18(23(37)26(39)30-17-19-13-11-10-12-14-19)31-25(38)20(15-22(36)34(8)9)32-27(40)24(29(5,6)7)33-21(35)16-28(2,3)4/h10-14,18,20,24H,15-17H2,1-9H3,(H,30,39)(H,31,38)(H,32,40)(H,33,35)/t18-,20-,24+/m0/s1. The Morgan fingerprint density at radius 3 is 1.90 bits per heavy atom. The van der Waals surface area contributed by atoms with Crippen LogP contribution in [-0.4, -0.2) is 72.4 Å². The molecule has 0 aliphatic heterocycles. The Kier molecular flexibility index (Phi) is 12.5. The van der Waals surface area contributed by atoms with Crippen LogP contribution >= 0.6 is 0 Å². The van der Waals surface area contributed by atoms with Crippen molar-refractivity contribution in [1.29, 1.82) is 0 Å². The molecule has 1 aromatic rings. The molecule has 0 fully saturated rings. The first-order valence-corrected chi connectivity index (χ1v) is 13.3. The lowest BCUT2D eigenvalue weighted by molar-refractivity contribution is -0.141. The summed E-state index contributed by atoms with van der Waals surface area (Å²) in [6.45, 7) is 12.5. The van der Waals surface area contributed by atoms with Crippen LogP contribution in [0.4, 0.5) is 0 Å². The third kappa shape index (κ3) is 12.0. The molecule has 40 heavy (non-hydrogen) atoms. The maximum Gasteiger partial charge on any atom is 0.289 e. The number of nitrogens with zero attached hydrogens (tertiary/aromatic N) is 1. The molecule has 0 saturated heterocycles. The molecule has 0 aliphatic carbocycles. The molecular formula is C29H45N5O6. The zero-order chi connectivity index (χ0) is 30.8. The van der Waals surface area contributed by atoms with E-state index in [1.807, 2.05) is 26.8 Å². The largest absolute Gasteiger partial charge is 0.349 e. The summed E-state index contributed by atoms with van der Waals surface area (Å²) in [4.78, 5) is 77.9. The van der Waals surface area contributed by atoms with E-state index in [1.54, 1.807) is 45.0 Å². The van der Waals surface area contributed by atoms with Gasteiger partial charge in [0, 0.05) is 27.1 Å². The van der Waals surface area contributed by atoms with E-state index >= 15 is 0 Å². The van der Waals surface area contributed by atoms with E-state index in [9.17, 15) is 28.8 Å². The SMILES string of the molecule is C[C@H](NC(=O)[C@H](CC(=O)N(C)C)NC(=O)[C@@H](NC(=O)CC(C)(C)C)C(C)(C)C)C(=O)C(=O)NCc1ccccc1. The highest BCUT2D eigenvalue weighted by Gasteiger charge is 2.37. The topological polar surface area (TPSA) is 154 Å². The second kappa shape index (κ2) is 14.6. The van der Waals surface area contributed by atoms with Crippen molar-refractivity contribution in [1.82, 2.24) is 26.2 Å². The number of nitrogens with one attached hydrogen (secondary N) is 4. The third-order valence-electron chi connectivity index (χ3n) is 5.91. The Hall–Kier alpha value is -3.76. The van der Waals surface area contributed by atoms with Crippen LogP contribution in [0.1, 0.15) is 66.9 Å². The highest BCUT2D eigenvalue weighted by atomic mass is 16.2. The van der Waals surface area contributed by atoms with E-state index in [2.05, 4.69) is 21.3 Å². The first-order chi connectivity index (χ1) is 18.3. The van der Waals surface area contributed by atoms with Gasteiger partial charge in [-0.05, 0) is 23.3 Å². The third-order valence-corrected chi connectivity index (χ3v) is 5.91. The summed E-state index contributed by atoms with van der Waals surface area (Å²) in [5, 5.41) is 10.3. The first kappa shape index (κ1) is 34.3. The Labute approximate surface area is 237 Å². The van der Waals surface area contributed by atoms with E-state index in [0.29, 0.717) is 0 Å². The summed E-state index contributed by atoms with van der Waals surface area (Å²) in [6.07, 6.45) is -0.208. The predicted molar refractivity (Wildman–Crippen MR) is 152 cm³/mol. The summed E-state index contributed by atoms with van der Waals surface area (Å²) >= 11 is 0. The zero-order valence-corrected chi connectivity index (χ0v) is 25.1. The van der Waals surface area contributed by atoms with Crippen LogP contribution in [0.3, 0.4) is 0 Å². The minimum atomic E-state index is -1.35. The van der Waals surface area contributed by atoms with Gasteiger partial charge in [0.05, 0.1) is 12.5 Å². The summed E-state index contributed by atoms with van der Waals surface area (Å²) in [5.41, 5.74) is -0.225. The molecule has 4 N–H and O–H groups in total. The van der Waals surface area contributed by atoms with Crippen molar-refractivity contribution in [2.45, 2.75) is 86.0 Å². The maximum absolute atomic E-state index is 13.3. The molecule has 0 heterocycles. The summed E-state index contributed by atoms with van der Waals surface area (Å²) in [5.74, 6) is -3.99. The van der Waals surface area contributed by atoms with Crippen LogP contribution in [0.2, 0.25) is 0 Å². The summed E-state index contributed by atoms with van der Waals surface area (Å²) in [7, 11) is 3.01. The van der Waals surface area contributed by atoms with Gasteiger partial charge >= 0.3 is 0 Å². The number of ketones is 1. The second-order valence-corrected chi connectivity index (χ2v) is 12.4. The van der Waals surface area contributed by atoms with Gasteiger partial charge in [-0.3, -0.25) is 28.8 Å². The molecule has 1 rings (SSSR count). The van der Waals surface area contributed by atoms with E-state index in [0.717, 1.165) is 5.56 Å². The quantitative estimate of drug-likeness (QED) is 0.283. The van der Waals surface area contributed by atoms with Crippen molar-refractivity contribution < 1.29 is 28.8 Å². The lowest BCUT2D eigenvalue weighted by Crippen LogP contribution is -2.59. The van der Waals surface area contributed by atoms with Gasteiger partial charge in [0.15, 0.2) is 0 Å². The fourth-order valence-corrected chi connectivity index (χ4v) is 3.63. The van der Waals surface area contributed by atoms with Gasteiger partial charge in [-0.1, -0.05) is 71.9 Å². The van der Waals surface area contributed by atoms with Gasteiger partial charge in [0.2, 0.25) is 29.4 Å². The van der Waals surface area contributed by atoms with Gasteiger partial charge in [0.25, 0.3) is 5.91 Å². The molecule has 0 aromatic heterocycles. The minimum Gasteiger partial charge on any atom is -0.349 e. The molecule has 0 radical (unpaired) electrons. The first-order valence-electron chi connectivity index (χ1n) is 13.3. The van der Waals surface area contributed by atoms with Crippen LogP contribution in [0, 0.1) is 10.8 Å². The van der Waals surface area contributed by atoms with Crippen LogP contribution < -0.4 is 21.3 Å². The number of amides is 5. The second-order valence-electron chi connectivity index (χ2n) is 12.4. The van der Waals surface area contributed by atoms with Crippen LogP contribution in [0.15, 0.2) is 30.3 Å². The Balaban J connectivity index is 3.01. The fourth-order valence-electron chi connectivity index (χ4n) is 3.63. The average molecular weight is 560 g/mol.